The number of nitrogens with one attached hydrogen (secondary N) is 1. The van der Waals surface area contributed by atoms with Gasteiger partial charge in [0.05, 0.1) is 24.9 Å². The van der Waals surface area contributed by atoms with Crippen molar-refractivity contribution in [1.29, 1.82) is 0 Å². The molecule has 26 heavy (non-hydrogen) atoms. The maximum atomic E-state index is 6.11. The Bertz CT molecular complexity index is 423. The third-order valence-corrected chi connectivity index (χ3v) is 5.44. The van der Waals surface area contributed by atoms with Crippen molar-refractivity contribution in [2.75, 3.05) is 47.0 Å². The first-order valence-corrected chi connectivity index (χ1v) is 10.2. The highest BCUT2D eigenvalue weighted by Gasteiger charge is 2.27. The molecule has 6 nitrogen and oxygen atoms in total. The number of aliphatic imine (C=N–C) groups is 1. The van der Waals surface area contributed by atoms with Gasteiger partial charge in [0.2, 0.25) is 0 Å². The van der Waals surface area contributed by atoms with Crippen molar-refractivity contribution in [3.05, 3.63) is 0 Å². The van der Waals surface area contributed by atoms with E-state index in [-0.39, 0.29) is 11.5 Å². The Morgan fingerprint density at radius 3 is 2.50 bits per heavy atom. The molecule has 152 valence electrons. The zero-order chi connectivity index (χ0) is 19.0. The number of likely N-dealkylation sites (tertiary alicyclic amines) is 1. The molecular formula is C20H39N3O3. The second-order valence-electron chi connectivity index (χ2n) is 8.53. The van der Waals surface area contributed by atoms with E-state index in [2.05, 4.69) is 36.0 Å². The van der Waals surface area contributed by atoms with E-state index in [1.807, 2.05) is 7.05 Å². The summed E-state index contributed by atoms with van der Waals surface area (Å²) >= 11 is 0. The van der Waals surface area contributed by atoms with Crippen molar-refractivity contribution in [2.24, 2.45) is 10.4 Å². The molecule has 1 N–H and O–H groups in total. The second kappa shape index (κ2) is 10.5. The predicted octanol–water partition coefficient (Wildman–Crippen LogP) is 2.67. The summed E-state index contributed by atoms with van der Waals surface area (Å²) in [4.78, 5) is 6.79. The van der Waals surface area contributed by atoms with Gasteiger partial charge in [-0.3, -0.25) is 4.99 Å². The van der Waals surface area contributed by atoms with Crippen LogP contribution in [0.4, 0.5) is 0 Å². The van der Waals surface area contributed by atoms with Crippen molar-refractivity contribution in [3.8, 4) is 0 Å². The standard InChI is InChI=1S/C20H39N3O3/c1-20(2,3)18(24-5)14-22-19(21-4)23-11-9-16(10-12-23)26-15-17-8-6-7-13-25-17/h16-18H,6-15H2,1-5H3,(H,21,22). The summed E-state index contributed by atoms with van der Waals surface area (Å²) < 4.78 is 17.5. The molecule has 0 aromatic carbocycles. The smallest absolute Gasteiger partial charge is 0.193 e. The highest BCUT2D eigenvalue weighted by Crippen LogP contribution is 2.21. The highest BCUT2D eigenvalue weighted by atomic mass is 16.5. The predicted molar refractivity (Wildman–Crippen MR) is 106 cm³/mol. The van der Waals surface area contributed by atoms with Gasteiger partial charge in [-0.05, 0) is 37.5 Å². The Balaban J connectivity index is 1.71. The minimum absolute atomic E-state index is 0.0998. The molecule has 2 heterocycles. The Morgan fingerprint density at radius 1 is 1.23 bits per heavy atom. The third kappa shape index (κ3) is 6.71. The minimum Gasteiger partial charge on any atom is -0.379 e. The summed E-state index contributed by atoms with van der Waals surface area (Å²) in [6.07, 6.45) is 6.49. The fourth-order valence-electron chi connectivity index (χ4n) is 3.68. The number of ether oxygens (including phenoxy) is 3. The first kappa shape index (κ1) is 21.5. The fraction of sp³-hybridized carbons (Fsp3) is 0.950. The van der Waals surface area contributed by atoms with Crippen molar-refractivity contribution >= 4 is 5.96 Å². The van der Waals surface area contributed by atoms with Crippen LogP contribution in [0.5, 0.6) is 0 Å². The van der Waals surface area contributed by atoms with E-state index >= 15 is 0 Å². The average Bonchev–Trinajstić information content (AvgIpc) is 2.64. The van der Waals surface area contributed by atoms with Crippen molar-refractivity contribution < 1.29 is 14.2 Å². The summed E-state index contributed by atoms with van der Waals surface area (Å²) in [6.45, 7) is 11.0. The largest absolute Gasteiger partial charge is 0.379 e. The molecule has 0 amide bonds. The monoisotopic (exact) mass is 369 g/mol. The normalized spacial score (nSPS) is 24.6. The van der Waals surface area contributed by atoms with E-state index in [0.717, 1.165) is 58.1 Å². The lowest BCUT2D eigenvalue weighted by molar-refractivity contribution is -0.0721. The van der Waals surface area contributed by atoms with Crippen LogP contribution in [0, 0.1) is 5.41 Å². The lowest BCUT2D eigenvalue weighted by Gasteiger charge is -2.36. The zero-order valence-corrected chi connectivity index (χ0v) is 17.4. The summed E-state index contributed by atoms with van der Waals surface area (Å²) in [7, 11) is 3.63. The summed E-state index contributed by atoms with van der Waals surface area (Å²) in [5.41, 5.74) is 0.0998. The van der Waals surface area contributed by atoms with Crippen LogP contribution in [0.25, 0.3) is 0 Å². The van der Waals surface area contributed by atoms with Gasteiger partial charge in [-0.25, -0.2) is 0 Å². The fourth-order valence-corrected chi connectivity index (χ4v) is 3.68. The van der Waals surface area contributed by atoms with Crippen LogP contribution in [0.3, 0.4) is 0 Å². The Kier molecular flexibility index (Phi) is 8.64. The Hall–Kier alpha value is -0.850. The van der Waals surface area contributed by atoms with Gasteiger partial charge in [0.1, 0.15) is 0 Å². The summed E-state index contributed by atoms with van der Waals surface area (Å²) in [6, 6.07) is 0. The second-order valence-corrected chi connectivity index (χ2v) is 8.53. The number of rotatable bonds is 6. The molecule has 2 aliphatic heterocycles. The maximum absolute atomic E-state index is 6.11. The molecule has 0 aromatic heterocycles. The minimum atomic E-state index is 0.0998. The van der Waals surface area contributed by atoms with Crippen LogP contribution in [0.1, 0.15) is 52.9 Å². The van der Waals surface area contributed by atoms with Gasteiger partial charge in [0.25, 0.3) is 0 Å². The molecule has 6 heteroatoms. The molecule has 0 aliphatic carbocycles. The van der Waals surface area contributed by atoms with E-state index in [1.54, 1.807) is 7.11 Å². The van der Waals surface area contributed by atoms with Crippen LogP contribution in [-0.2, 0) is 14.2 Å². The maximum Gasteiger partial charge on any atom is 0.193 e. The van der Waals surface area contributed by atoms with Crippen molar-refractivity contribution in [2.45, 2.75) is 71.2 Å². The van der Waals surface area contributed by atoms with Crippen molar-refractivity contribution in [3.63, 3.8) is 0 Å². The van der Waals surface area contributed by atoms with Crippen LogP contribution in [0.15, 0.2) is 4.99 Å². The lowest BCUT2D eigenvalue weighted by atomic mass is 9.89. The Labute approximate surface area is 159 Å². The topological polar surface area (TPSA) is 55.3 Å². The number of nitrogens with zero attached hydrogens (tertiary/aromatic N) is 2. The van der Waals surface area contributed by atoms with Gasteiger partial charge in [-0.15, -0.1) is 0 Å². The highest BCUT2D eigenvalue weighted by molar-refractivity contribution is 5.80. The molecule has 2 aliphatic rings. The number of piperidine rings is 1. The van der Waals surface area contributed by atoms with Gasteiger partial charge in [-0.2, -0.15) is 0 Å². The third-order valence-electron chi connectivity index (χ3n) is 5.44. The molecule has 2 unspecified atom stereocenters. The molecular weight excluding hydrogens is 330 g/mol. The SMILES string of the molecule is CN=C(NCC(OC)C(C)(C)C)N1CCC(OCC2CCCCO2)CC1. The number of guanidine groups is 1. The molecule has 2 rings (SSSR count). The number of hydrogen-bond donors (Lipinski definition) is 1. The molecule has 2 fully saturated rings. The average molecular weight is 370 g/mol. The number of methoxy groups -OCH3 is 1. The quantitative estimate of drug-likeness (QED) is 0.576. The van der Waals surface area contributed by atoms with Gasteiger partial charge < -0.3 is 24.4 Å². The lowest BCUT2D eigenvalue weighted by Crippen LogP contribution is -2.50. The van der Waals surface area contributed by atoms with E-state index in [4.69, 9.17) is 14.2 Å². The van der Waals surface area contributed by atoms with E-state index in [9.17, 15) is 0 Å². The van der Waals surface area contributed by atoms with E-state index in [1.165, 1.54) is 12.8 Å². The molecule has 0 aromatic rings. The molecule has 0 bridgehead atoms. The molecule has 0 spiro atoms. The van der Waals surface area contributed by atoms with Gasteiger partial charge >= 0.3 is 0 Å². The van der Waals surface area contributed by atoms with Crippen LogP contribution in [-0.4, -0.2) is 76.2 Å². The number of hydrogen-bond acceptors (Lipinski definition) is 4. The molecule has 0 saturated carbocycles. The summed E-state index contributed by atoms with van der Waals surface area (Å²) in [5, 5.41) is 3.49. The van der Waals surface area contributed by atoms with Crippen LogP contribution >= 0.6 is 0 Å². The van der Waals surface area contributed by atoms with Crippen molar-refractivity contribution in [1.82, 2.24) is 10.2 Å². The molecule has 2 saturated heterocycles. The first-order valence-electron chi connectivity index (χ1n) is 10.2. The van der Waals surface area contributed by atoms with Gasteiger partial charge in [0.15, 0.2) is 5.96 Å². The zero-order valence-electron chi connectivity index (χ0n) is 17.4. The molecule has 0 radical (unpaired) electrons. The van der Waals surface area contributed by atoms with E-state index < -0.39 is 0 Å². The van der Waals surface area contributed by atoms with Crippen LogP contribution in [0.2, 0.25) is 0 Å². The van der Waals surface area contributed by atoms with Gasteiger partial charge in [-0.1, -0.05) is 20.8 Å². The molecule has 2 atom stereocenters. The van der Waals surface area contributed by atoms with E-state index in [0.29, 0.717) is 12.2 Å². The Morgan fingerprint density at radius 2 is 1.96 bits per heavy atom. The first-order chi connectivity index (χ1) is 12.4. The van der Waals surface area contributed by atoms with Gasteiger partial charge in [0, 0.05) is 40.4 Å². The summed E-state index contributed by atoms with van der Waals surface area (Å²) in [5.74, 6) is 0.963. The van der Waals surface area contributed by atoms with Crippen LogP contribution < -0.4 is 5.32 Å².